The Balaban J connectivity index is 1.94. The zero-order valence-corrected chi connectivity index (χ0v) is 13.4. The number of nitrogens with zero attached hydrogens (tertiary/aromatic N) is 2. The highest BCUT2D eigenvalue weighted by Gasteiger charge is 2.32. The molecular weight excluding hydrogens is 308 g/mol. The fraction of sp³-hybridized carbons (Fsp3) is 0.786. The number of halogens is 1. The Kier molecular flexibility index (Phi) is 5.03. The quantitative estimate of drug-likeness (QED) is 0.868. The van der Waals surface area contributed by atoms with E-state index in [0.717, 1.165) is 36.0 Å². The molecule has 1 unspecified atom stereocenters. The number of hydrogen-bond donors (Lipinski definition) is 1. The maximum Gasteiger partial charge on any atom is 0.0971 e. The largest absolute Gasteiger partial charge is 0.387 e. The van der Waals surface area contributed by atoms with Crippen LogP contribution in [0.15, 0.2) is 10.7 Å². The fourth-order valence-corrected chi connectivity index (χ4v) is 3.28. The molecule has 0 radical (unpaired) electrons. The van der Waals surface area contributed by atoms with Gasteiger partial charge < -0.3 is 9.84 Å². The molecule has 1 atom stereocenters. The summed E-state index contributed by atoms with van der Waals surface area (Å²) in [6.07, 6.45) is 4.65. The number of aromatic nitrogens is 2. The normalized spacial score (nSPS) is 24.5. The van der Waals surface area contributed by atoms with Crippen molar-refractivity contribution in [3.8, 4) is 0 Å². The molecule has 1 N–H and O–H groups in total. The highest BCUT2D eigenvalue weighted by Crippen LogP contribution is 2.38. The van der Waals surface area contributed by atoms with Crippen LogP contribution >= 0.6 is 15.9 Å². The van der Waals surface area contributed by atoms with Gasteiger partial charge in [0.05, 0.1) is 28.6 Å². The van der Waals surface area contributed by atoms with E-state index in [1.54, 1.807) is 6.20 Å². The van der Waals surface area contributed by atoms with Gasteiger partial charge in [-0.3, -0.25) is 4.68 Å². The summed E-state index contributed by atoms with van der Waals surface area (Å²) in [5, 5.41) is 14.8. The first-order valence-corrected chi connectivity index (χ1v) is 7.84. The molecule has 1 heterocycles. The van der Waals surface area contributed by atoms with Gasteiger partial charge in [-0.2, -0.15) is 5.10 Å². The van der Waals surface area contributed by atoms with Crippen LogP contribution in [0.4, 0.5) is 0 Å². The predicted molar refractivity (Wildman–Crippen MR) is 78.0 cm³/mol. The van der Waals surface area contributed by atoms with Gasteiger partial charge in [0.15, 0.2) is 0 Å². The fourth-order valence-electron chi connectivity index (χ4n) is 2.74. The monoisotopic (exact) mass is 330 g/mol. The molecule has 108 valence electrons. The van der Waals surface area contributed by atoms with Crippen LogP contribution in [0.25, 0.3) is 0 Å². The minimum atomic E-state index is -0.452. The summed E-state index contributed by atoms with van der Waals surface area (Å²) < 4.78 is 8.35. The maximum atomic E-state index is 10.4. The lowest BCUT2D eigenvalue weighted by Gasteiger charge is -2.36. The maximum absolute atomic E-state index is 10.4. The average Bonchev–Trinajstić information content (AvgIpc) is 2.68. The molecule has 0 amide bonds. The van der Waals surface area contributed by atoms with Crippen LogP contribution in [-0.4, -0.2) is 27.6 Å². The van der Waals surface area contributed by atoms with Crippen LogP contribution < -0.4 is 0 Å². The summed E-state index contributed by atoms with van der Waals surface area (Å²) in [5.41, 5.74) is 0.898. The molecule has 2 rings (SSSR count). The number of aliphatic hydroxyl groups is 1. The number of rotatable bonds is 6. The van der Waals surface area contributed by atoms with Crippen molar-refractivity contribution in [2.45, 2.75) is 58.3 Å². The summed E-state index contributed by atoms with van der Waals surface area (Å²) in [7, 11) is 0. The van der Waals surface area contributed by atoms with E-state index in [1.807, 2.05) is 11.6 Å². The van der Waals surface area contributed by atoms with Crippen molar-refractivity contribution in [2.75, 3.05) is 6.61 Å². The van der Waals surface area contributed by atoms with E-state index in [-0.39, 0.29) is 6.04 Å². The molecule has 1 aliphatic carbocycles. The molecule has 5 heteroatoms. The van der Waals surface area contributed by atoms with Gasteiger partial charge in [0.1, 0.15) is 0 Å². The SMILES string of the molecule is CCOC1CC(CC(O)c2c(Br)cnn2C(C)C)C1. The number of hydrogen-bond acceptors (Lipinski definition) is 3. The average molecular weight is 331 g/mol. The molecule has 0 spiro atoms. The second-order valence-corrected chi connectivity index (χ2v) is 6.44. The van der Waals surface area contributed by atoms with E-state index in [1.165, 1.54) is 0 Å². The van der Waals surface area contributed by atoms with Gasteiger partial charge in [0.25, 0.3) is 0 Å². The van der Waals surface area contributed by atoms with E-state index in [9.17, 15) is 5.11 Å². The van der Waals surface area contributed by atoms with Crippen molar-refractivity contribution in [1.29, 1.82) is 0 Å². The van der Waals surface area contributed by atoms with Crippen molar-refractivity contribution >= 4 is 15.9 Å². The van der Waals surface area contributed by atoms with Crippen molar-refractivity contribution < 1.29 is 9.84 Å². The van der Waals surface area contributed by atoms with E-state index in [0.29, 0.717) is 12.0 Å². The molecule has 4 nitrogen and oxygen atoms in total. The van der Waals surface area contributed by atoms with Gasteiger partial charge in [-0.25, -0.2) is 0 Å². The summed E-state index contributed by atoms with van der Waals surface area (Å²) in [4.78, 5) is 0. The van der Waals surface area contributed by atoms with Gasteiger partial charge in [-0.15, -0.1) is 0 Å². The minimum Gasteiger partial charge on any atom is -0.387 e. The van der Waals surface area contributed by atoms with Crippen LogP contribution in [0.3, 0.4) is 0 Å². The molecule has 19 heavy (non-hydrogen) atoms. The molecule has 1 aromatic rings. The lowest BCUT2D eigenvalue weighted by Crippen LogP contribution is -2.32. The van der Waals surface area contributed by atoms with Crippen LogP contribution in [0, 0.1) is 5.92 Å². The predicted octanol–water partition coefficient (Wildman–Crippen LogP) is 3.47. The Morgan fingerprint density at radius 1 is 1.53 bits per heavy atom. The third kappa shape index (κ3) is 3.38. The Bertz CT molecular complexity index is 414. The van der Waals surface area contributed by atoms with Crippen LogP contribution in [0.2, 0.25) is 0 Å². The summed E-state index contributed by atoms with van der Waals surface area (Å²) in [6, 6.07) is 0.258. The molecule has 0 aliphatic heterocycles. The second kappa shape index (κ2) is 6.37. The first-order valence-electron chi connectivity index (χ1n) is 7.05. The molecule has 1 aromatic heterocycles. The molecule has 1 saturated carbocycles. The lowest BCUT2D eigenvalue weighted by atomic mass is 9.78. The third-order valence-electron chi connectivity index (χ3n) is 3.74. The van der Waals surface area contributed by atoms with Crippen molar-refractivity contribution in [3.63, 3.8) is 0 Å². The smallest absolute Gasteiger partial charge is 0.0971 e. The standard InChI is InChI=1S/C14H23BrN2O2/c1-4-19-11-5-10(6-11)7-13(18)14-12(15)8-16-17(14)9(2)3/h8-11,13,18H,4-7H2,1-3H3. The van der Waals surface area contributed by atoms with Crippen molar-refractivity contribution in [3.05, 3.63) is 16.4 Å². The third-order valence-corrected chi connectivity index (χ3v) is 4.35. The van der Waals surface area contributed by atoms with E-state index in [4.69, 9.17) is 4.74 Å². The number of aliphatic hydroxyl groups excluding tert-OH is 1. The highest BCUT2D eigenvalue weighted by atomic mass is 79.9. The van der Waals surface area contributed by atoms with Crippen molar-refractivity contribution in [2.24, 2.45) is 5.92 Å². The molecular formula is C14H23BrN2O2. The molecule has 0 bridgehead atoms. The van der Waals surface area contributed by atoms with Crippen LogP contribution in [-0.2, 0) is 4.74 Å². The molecule has 1 aliphatic rings. The first-order chi connectivity index (χ1) is 9.02. The van der Waals surface area contributed by atoms with Gasteiger partial charge in [0.2, 0.25) is 0 Å². The molecule has 0 saturated heterocycles. The van der Waals surface area contributed by atoms with E-state index in [2.05, 4.69) is 34.9 Å². The van der Waals surface area contributed by atoms with E-state index >= 15 is 0 Å². The zero-order valence-electron chi connectivity index (χ0n) is 11.8. The van der Waals surface area contributed by atoms with E-state index < -0.39 is 6.10 Å². The minimum absolute atomic E-state index is 0.258. The summed E-state index contributed by atoms with van der Waals surface area (Å²) in [6.45, 7) is 6.96. The topological polar surface area (TPSA) is 47.3 Å². The van der Waals surface area contributed by atoms with Gasteiger partial charge >= 0.3 is 0 Å². The van der Waals surface area contributed by atoms with Gasteiger partial charge in [-0.1, -0.05) is 0 Å². The Labute approximate surface area is 123 Å². The first kappa shape index (κ1) is 15.0. The van der Waals surface area contributed by atoms with Gasteiger partial charge in [-0.05, 0) is 61.9 Å². The summed E-state index contributed by atoms with van der Waals surface area (Å²) >= 11 is 3.48. The Morgan fingerprint density at radius 3 is 2.79 bits per heavy atom. The zero-order chi connectivity index (χ0) is 14.0. The summed E-state index contributed by atoms with van der Waals surface area (Å²) in [5.74, 6) is 0.564. The second-order valence-electron chi connectivity index (χ2n) is 5.58. The number of ether oxygens (including phenoxy) is 1. The Hall–Kier alpha value is -0.390. The van der Waals surface area contributed by atoms with Crippen molar-refractivity contribution in [1.82, 2.24) is 9.78 Å². The highest BCUT2D eigenvalue weighted by molar-refractivity contribution is 9.10. The molecule has 1 fully saturated rings. The van der Waals surface area contributed by atoms with Crippen LogP contribution in [0.5, 0.6) is 0 Å². The van der Waals surface area contributed by atoms with Gasteiger partial charge in [0, 0.05) is 12.6 Å². The molecule has 0 aromatic carbocycles. The lowest BCUT2D eigenvalue weighted by molar-refractivity contribution is -0.0388. The Morgan fingerprint density at radius 2 is 2.21 bits per heavy atom. The van der Waals surface area contributed by atoms with Crippen LogP contribution in [0.1, 0.15) is 57.9 Å².